The van der Waals surface area contributed by atoms with Gasteiger partial charge in [0.1, 0.15) is 17.9 Å². The second-order valence-electron chi connectivity index (χ2n) is 0.545. The van der Waals surface area contributed by atoms with Crippen molar-refractivity contribution in [1.82, 2.24) is 0 Å². The molecule has 1 heterocycles. The molecule has 0 radical (unpaired) electrons. The van der Waals surface area contributed by atoms with Crippen LogP contribution in [0.25, 0.3) is 0 Å². The van der Waals surface area contributed by atoms with Crippen LogP contribution in [0.2, 0.25) is 0 Å². The van der Waals surface area contributed by atoms with E-state index in [9.17, 15) is 0 Å². The predicted molar refractivity (Wildman–Crippen MR) is 18.4 cm³/mol. The van der Waals surface area contributed by atoms with E-state index in [0.717, 1.165) is 0 Å². The third-order valence-corrected chi connectivity index (χ3v) is 0.647. The Morgan fingerprint density at radius 2 is 2.80 bits per heavy atom. The monoisotopic (exact) mass is 90.0 g/mol. The van der Waals surface area contributed by atoms with Crippen LogP contribution in [0.15, 0.2) is 10.4 Å². The summed E-state index contributed by atoms with van der Waals surface area (Å²) in [5.41, 5.74) is 0. The maximum Gasteiger partial charge on any atom is 0.149 e. The fraction of sp³-hybridized carbons (Fsp3) is 1.00. The van der Waals surface area contributed by atoms with Crippen LogP contribution < -0.4 is 0 Å². The van der Waals surface area contributed by atoms with Gasteiger partial charge in [-0.2, -0.15) is 0 Å². The van der Waals surface area contributed by atoms with Crippen LogP contribution in [0.4, 0.5) is 0 Å². The Labute approximate surface area is 33.6 Å². The summed E-state index contributed by atoms with van der Waals surface area (Å²) in [4.78, 5) is 0. The third-order valence-electron chi connectivity index (χ3n) is 0.254. The third kappa shape index (κ3) is 0.509. The van der Waals surface area contributed by atoms with E-state index in [2.05, 4.69) is 14.7 Å². The summed E-state index contributed by atoms with van der Waals surface area (Å²) in [6.07, 6.45) is 0. The summed E-state index contributed by atoms with van der Waals surface area (Å²) < 4.78 is 4.32. The van der Waals surface area contributed by atoms with Crippen molar-refractivity contribution < 1.29 is 4.28 Å². The molecule has 1 aliphatic rings. The van der Waals surface area contributed by atoms with Gasteiger partial charge in [0.2, 0.25) is 0 Å². The Morgan fingerprint density at radius 3 is 3.00 bits per heavy atom. The minimum absolute atomic E-state index is 0.653. The molecule has 4 heteroatoms. The van der Waals surface area contributed by atoms with E-state index in [1.165, 1.54) is 12.0 Å². The van der Waals surface area contributed by atoms with E-state index in [1.54, 1.807) is 0 Å². The molecule has 0 amide bonds. The normalized spacial score (nSPS) is 19.2. The molecule has 0 aromatic heterocycles. The van der Waals surface area contributed by atoms with Gasteiger partial charge >= 0.3 is 0 Å². The van der Waals surface area contributed by atoms with Crippen molar-refractivity contribution >= 4 is 12.0 Å². The molecule has 0 unspecified atom stereocenters. The molecule has 0 aromatic carbocycles. The highest BCUT2D eigenvalue weighted by Gasteiger charge is 1.89. The SMILES string of the molecule is C1N=NOS1. The summed E-state index contributed by atoms with van der Waals surface area (Å²) in [5, 5.41) is 6.62. The van der Waals surface area contributed by atoms with E-state index >= 15 is 0 Å². The van der Waals surface area contributed by atoms with Gasteiger partial charge in [-0.1, -0.05) is 0 Å². The minimum atomic E-state index is 0.653. The molecule has 28 valence electrons. The molecular weight excluding hydrogens is 88.1 g/mol. The van der Waals surface area contributed by atoms with E-state index < -0.39 is 0 Å². The van der Waals surface area contributed by atoms with Crippen molar-refractivity contribution in [1.29, 1.82) is 0 Å². The molecular formula is CH2N2OS. The lowest BCUT2D eigenvalue weighted by molar-refractivity contribution is 0.388. The number of hydrogen-bond acceptors (Lipinski definition) is 4. The van der Waals surface area contributed by atoms with Crippen molar-refractivity contribution in [3.8, 4) is 0 Å². The Bertz CT molecular complexity index is 47.6. The van der Waals surface area contributed by atoms with Crippen LogP contribution in [-0.4, -0.2) is 5.88 Å². The molecule has 0 N–H and O–H groups in total. The molecule has 0 aromatic rings. The van der Waals surface area contributed by atoms with E-state index in [-0.39, 0.29) is 0 Å². The van der Waals surface area contributed by atoms with E-state index in [0.29, 0.717) is 5.88 Å². The van der Waals surface area contributed by atoms with Crippen molar-refractivity contribution in [2.75, 3.05) is 5.88 Å². The standard InChI is InChI=1S/CH2N2OS/c1-2-3-4-5-1/h1H2. The highest BCUT2D eigenvalue weighted by Crippen LogP contribution is 2.09. The summed E-state index contributed by atoms with van der Waals surface area (Å²) in [6.45, 7) is 0. The minimum Gasteiger partial charge on any atom is -0.301 e. The van der Waals surface area contributed by atoms with Crippen LogP contribution in [-0.2, 0) is 4.28 Å². The lowest BCUT2D eigenvalue weighted by Crippen LogP contribution is -1.50. The van der Waals surface area contributed by atoms with Crippen molar-refractivity contribution in [3.63, 3.8) is 0 Å². The first kappa shape index (κ1) is 2.96. The fourth-order valence-electron chi connectivity index (χ4n) is 0.118. The summed E-state index contributed by atoms with van der Waals surface area (Å²) in [6, 6.07) is 0. The van der Waals surface area contributed by atoms with E-state index in [4.69, 9.17) is 0 Å². The fourth-order valence-corrected chi connectivity index (χ4v) is 0.354. The second kappa shape index (κ2) is 1.26. The van der Waals surface area contributed by atoms with Gasteiger partial charge in [-0.3, -0.25) is 0 Å². The number of hydrogen-bond donors (Lipinski definition) is 0. The summed E-state index contributed by atoms with van der Waals surface area (Å²) in [5.74, 6) is 0.653. The number of nitrogens with zero attached hydrogens (tertiary/aromatic N) is 2. The molecule has 1 rings (SSSR count). The lowest BCUT2D eigenvalue weighted by Gasteiger charge is -1.68. The zero-order chi connectivity index (χ0) is 3.54. The first-order valence-electron chi connectivity index (χ1n) is 1.15. The Kier molecular flexibility index (Phi) is 0.744. The molecule has 0 aliphatic carbocycles. The molecule has 0 spiro atoms. The van der Waals surface area contributed by atoms with Crippen molar-refractivity contribution in [3.05, 3.63) is 0 Å². The Morgan fingerprint density at radius 1 is 1.80 bits per heavy atom. The highest BCUT2D eigenvalue weighted by atomic mass is 32.2. The molecule has 0 atom stereocenters. The summed E-state index contributed by atoms with van der Waals surface area (Å²) in [7, 11) is 0. The van der Waals surface area contributed by atoms with Crippen LogP contribution in [0, 0.1) is 0 Å². The average molecular weight is 90.1 g/mol. The first-order chi connectivity index (χ1) is 2.50. The first-order valence-corrected chi connectivity index (χ1v) is 2.06. The van der Waals surface area contributed by atoms with Crippen LogP contribution in [0.1, 0.15) is 0 Å². The highest BCUT2D eigenvalue weighted by molar-refractivity contribution is 7.94. The number of rotatable bonds is 0. The zero-order valence-corrected chi connectivity index (χ0v) is 3.23. The molecule has 0 bridgehead atoms. The molecule has 1 aliphatic heterocycles. The molecule has 0 fully saturated rings. The van der Waals surface area contributed by atoms with Crippen molar-refractivity contribution in [2.24, 2.45) is 10.4 Å². The molecule has 3 nitrogen and oxygen atoms in total. The maximum atomic E-state index is 4.32. The lowest BCUT2D eigenvalue weighted by atomic mass is 11.5. The predicted octanol–water partition coefficient (Wildman–Crippen LogP) is 0.990. The van der Waals surface area contributed by atoms with Gasteiger partial charge in [-0.15, -0.1) is 5.11 Å². The molecule has 0 saturated heterocycles. The zero-order valence-electron chi connectivity index (χ0n) is 2.42. The van der Waals surface area contributed by atoms with Crippen LogP contribution in [0.5, 0.6) is 0 Å². The van der Waals surface area contributed by atoms with Gasteiger partial charge in [0.25, 0.3) is 0 Å². The maximum absolute atomic E-state index is 4.32. The van der Waals surface area contributed by atoms with Gasteiger partial charge in [0.05, 0.1) is 0 Å². The quantitative estimate of drug-likeness (QED) is 0.415. The van der Waals surface area contributed by atoms with Gasteiger partial charge in [-0.25, -0.2) is 0 Å². The van der Waals surface area contributed by atoms with Gasteiger partial charge in [-0.05, 0) is 0 Å². The van der Waals surface area contributed by atoms with Gasteiger partial charge < -0.3 is 4.28 Å². The molecule has 5 heavy (non-hydrogen) atoms. The average Bonchev–Trinajstić information content (AvgIpc) is 1.76. The largest absolute Gasteiger partial charge is 0.301 e. The van der Waals surface area contributed by atoms with E-state index in [1.807, 2.05) is 0 Å². The van der Waals surface area contributed by atoms with Crippen LogP contribution in [0.3, 0.4) is 0 Å². The van der Waals surface area contributed by atoms with Crippen molar-refractivity contribution in [2.45, 2.75) is 0 Å². The Balaban J connectivity index is 2.32. The second-order valence-corrected chi connectivity index (χ2v) is 1.19. The molecule has 0 saturated carbocycles. The smallest absolute Gasteiger partial charge is 0.149 e. The Hall–Kier alpha value is -0.250. The summed E-state index contributed by atoms with van der Waals surface area (Å²) >= 11 is 1.24. The topological polar surface area (TPSA) is 34.0 Å². The van der Waals surface area contributed by atoms with Crippen LogP contribution >= 0.6 is 12.0 Å². The van der Waals surface area contributed by atoms with Gasteiger partial charge in [0.15, 0.2) is 0 Å². The van der Waals surface area contributed by atoms with Gasteiger partial charge in [0, 0.05) is 5.28 Å².